The molecule has 11 heteroatoms. The maximum absolute atomic E-state index is 12.8. The molecule has 10 nitrogen and oxygen atoms in total. The van der Waals surface area contributed by atoms with Crippen LogP contribution in [0.4, 0.5) is 16.2 Å². The number of nitrogens with one attached hydrogen (secondary N) is 1. The van der Waals surface area contributed by atoms with Crippen molar-refractivity contribution in [3.63, 3.8) is 0 Å². The fourth-order valence-electron chi connectivity index (χ4n) is 5.19. The van der Waals surface area contributed by atoms with E-state index < -0.39 is 0 Å². The number of imidazole rings is 1. The Kier molecular flexibility index (Phi) is 7.84. The van der Waals surface area contributed by atoms with Crippen molar-refractivity contribution >= 4 is 28.7 Å². The van der Waals surface area contributed by atoms with Gasteiger partial charge in [0.15, 0.2) is 11.5 Å². The quantitative estimate of drug-likeness (QED) is 0.301. The monoisotopic (exact) mass is 548 g/mol. The summed E-state index contributed by atoms with van der Waals surface area (Å²) in [6.07, 6.45) is 4.56. The van der Waals surface area contributed by atoms with E-state index in [-0.39, 0.29) is 24.3 Å². The van der Waals surface area contributed by atoms with Crippen LogP contribution in [0.5, 0.6) is 11.5 Å². The first-order valence-corrected chi connectivity index (χ1v) is 13.7. The van der Waals surface area contributed by atoms with E-state index in [1.165, 1.54) is 6.92 Å². The molecule has 5 rings (SSSR count). The molecule has 0 spiro atoms. The largest absolute Gasteiger partial charge is 0.456 e. The number of pyridine rings is 2. The molecule has 1 aliphatic heterocycles. The highest BCUT2D eigenvalue weighted by Gasteiger charge is 2.27. The number of carbonyl (C=O) groups is 1. The van der Waals surface area contributed by atoms with Crippen LogP contribution in [0.15, 0.2) is 36.7 Å². The van der Waals surface area contributed by atoms with E-state index in [2.05, 4.69) is 56.7 Å². The summed E-state index contributed by atoms with van der Waals surface area (Å²) >= 11 is 0. The van der Waals surface area contributed by atoms with E-state index in [0.29, 0.717) is 47.1 Å². The summed E-state index contributed by atoms with van der Waals surface area (Å²) in [6.45, 7) is 10.9. The molecule has 0 radical (unpaired) electrons. The molecule has 212 valence electrons. The first-order valence-electron chi connectivity index (χ1n) is 13.7. The molecule has 0 amide bonds. The van der Waals surface area contributed by atoms with E-state index in [4.69, 9.17) is 9.84 Å². The highest BCUT2D eigenvalue weighted by molar-refractivity contribution is 5.78. The van der Waals surface area contributed by atoms with Gasteiger partial charge in [0.05, 0.1) is 17.4 Å². The van der Waals surface area contributed by atoms with Crippen LogP contribution in [0, 0.1) is 5.92 Å². The Morgan fingerprint density at radius 2 is 2.02 bits per heavy atom. The number of halogens is 1. The van der Waals surface area contributed by atoms with Crippen molar-refractivity contribution in [1.29, 1.82) is 0 Å². The van der Waals surface area contributed by atoms with Crippen molar-refractivity contribution in [2.24, 2.45) is 13.0 Å². The average Bonchev–Trinajstić information content (AvgIpc) is 3.58. The SMILES string of the molecule is CC(=O)Cc1cc(Oc2cnc3nc(Nc4cc(C(C)(C)C)n(CC5CCN(CCF)C5)n4)n(C)c3c2)ccn1. The van der Waals surface area contributed by atoms with Gasteiger partial charge in [-0.25, -0.2) is 9.37 Å². The Bertz CT molecular complexity index is 1510. The smallest absolute Gasteiger partial charge is 0.210 e. The van der Waals surface area contributed by atoms with Crippen molar-refractivity contribution in [1.82, 2.24) is 34.2 Å². The van der Waals surface area contributed by atoms with Gasteiger partial charge in [-0.3, -0.25) is 14.5 Å². The molecule has 1 fully saturated rings. The topological polar surface area (TPSA) is 103 Å². The van der Waals surface area contributed by atoms with Crippen LogP contribution < -0.4 is 10.1 Å². The van der Waals surface area contributed by atoms with Crippen LogP contribution in [0.1, 0.15) is 45.5 Å². The average molecular weight is 549 g/mol. The number of likely N-dealkylation sites (tertiary alicyclic amines) is 1. The molecule has 1 atom stereocenters. The van der Waals surface area contributed by atoms with Crippen molar-refractivity contribution in [2.45, 2.75) is 52.5 Å². The molecule has 1 unspecified atom stereocenters. The molecule has 4 aromatic heterocycles. The number of aromatic nitrogens is 6. The van der Waals surface area contributed by atoms with E-state index >= 15 is 0 Å². The van der Waals surface area contributed by atoms with Gasteiger partial charge >= 0.3 is 0 Å². The number of fused-ring (bicyclic) bond motifs is 1. The van der Waals surface area contributed by atoms with Crippen LogP contribution in [0.25, 0.3) is 11.2 Å². The van der Waals surface area contributed by atoms with Gasteiger partial charge in [-0.2, -0.15) is 10.1 Å². The Morgan fingerprint density at radius 1 is 1.20 bits per heavy atom. The lowest BCUT2D eigenvalue weighted by Gasteiger charge is -2.22. The van der Waals surface area contributed by atoms with Gasteiger partial charge in [-0.1, -0.05) is 20.8 Å². The van der Waals surface area contributed by atoms with Crippen LogP contribution >= 0.6 is 0 Å². The number of alkyl halides is 1. The van der Waals surface area contributed by atoms with Crippen molar-refractivity contribution in [3.05, 3.63) is 48.0 Å². The third kappa shape index (κ3) is 6.30. The van der Waals surface area contributed by atoms with E-state index in [1.54, 1.807) is 24.5 Å². The molecule has 0 saturated carbocycles. The fourth-order valence-corrected chi connectivity index (χ4v) is 5.19. The number of Topliss-reactive ketones (excluding diaryl/α,β-unsaturated/α-hetero) is 1. The summed E-state index contributed by atoms with van der Waals surface area (Å²) in [5, 5.41) is 8.29. The van der Waals surface area contributed by atoms with Gasteiger partial charge in [0, 0.05) is 68.6 Å². The maximum atomic E-state index is 12.8. The second-order valence-corrected chi connectivity index (χ2v) is 11.6. The van der Waals surface area contributed by atoms with Crippen molar-refractivity contribution in [2.75, 3.05) is 31.6 Å². The van der Waals surface area contributed by atoms with Crippen molar-refractivity contribution < 1.29 is 13.9 Å². The fraction of sp³-hybridized carbons (Fsp3) is 0.483. The van der Waals surface area contributed by atoms with Crippen LogP contribution in [-0.4, -0.2) is 66.3 Å². The number of hydrogen-bond donors (Lipinski definition) is 1. The highest BCUT2D eigenvalue weighted by Crippen LogP contribution is 2.30. The van der Waals surface area contributed by atoms with Gasteiger partial charge in [-0.05, 0) is 31.9 Å². The van der Waals surface area contributed by atoms with E-state index in [0.717, 1.165) is 37.3 Å². The Labute approximate surface area is 233 Å². The normalized spacial score (nSPS) is 16.1. The molecule has 5 heterocycles. The molecule has 4 aromatic rings. The Hall–Kier alpha value is -3.86. The molecule has 1 N–H and O–H groups in total. The minimum atomic E-state index is -0.303. The van der Waals surface area contributed by atoms with Gasteiger partial charge in [0.2, 0.25) is 5.95 Å². The van der Waals surface area contributed by atoms with Gasteiger partial charge in [0.1, 0.15) is 24.0 Å². The molecule has 1 aliphatic rings. The number of ether oxygens (including phenoxy) is 1. The number of carbonyl (C=O) groups excluding carboxylic acids is 1. The van der Waals surface area contributed by atoms with E-state index in [1.807, 2.05) is 17.7 Å². The molecule has 0 aromatic carbocycles. The second kappa shape index (κ2) is 11.3. The first-order chi connectivity index (χ1) is 19.1. The molecule has 40 heavy (non-hydrogen) atoms. The number of rotatable bonds is 10. The Balaban J connectivity index is 1.35. The second-order valence-electron chi connectivity index (χ2n) is 11.6. The Morgan fingerprint density at radius 3 is 2.77 bits per heavy atom. The summed E-state index contributed by atoms with van der Waals surface area (Å²) in [4.78, 5) is 27.1. The molecular weight excluding hydrogens is 511 g/mol. The molecular formula is C29H37FN8O2. The van der Waals surface area contributed by atoms with Gasteiger partial charge in [0.25, 0.3) is 0 Å². The third-order valence-corrected chi connectivity index (χ3v) is 7.16. The summed E-state index contributed by atoms with van der Waals surface area (Å²) in [5.74, 6) is 2.96. The molecule has 1 saturated heterocycles. The summed E-state index contributed by atoms with van der Waals surface area (Å²) in [5.41, 5.74) is 3.07. The van der Waals surface area contributed by atoms with Crippen molar-refractivity contribution in [3.8, 4) is 11.5 Å². The third-order valence-electron chi connectivity index (χ3n) is 7.16. The summed E-state index contributed by atoms with van der Waals surface area (Å²) in [6, 6.07) is 7.47. The lowest BCUT2D eigenvalue weighted by atomic mass is 9.92. The van der Waals surface area contributed by atoms with E-state index in [9.17, 15) is 9.18 Å². The minimum Gasteiger partial charge on any atom is -0.456 e. The summed E-state index contributed by atoms with van der Waals surface area (Å²) in [7, 11) is 1.92. The van der Waals surface area contributed by atoms with Crippen LogP contribution in [0.2, 0.25) is 0 Å². The number of hydrogen-bond acceptors (Lipinski definition) is 8. The predicted molar refractivity (Wildman–Crippen MR) is 152 cm³/mol. The lowest BCUT2D eigenvalue weighted by Crippen LogP contribution is -2.26. The number of nitrogens with zero attached hydrogens (tertiary/aromatic N) is 7. The highest BCUT2D eigenvalue weighted by atomic mass is 19.1. The number of ketones is 1. The predicted octanol–water partition coefficient (Wildman–Crippen LogP) is 4.82. The molecule has 0 aliphatic carbocycles. The lowest BCUT2D eigenvalue weighted by molar-refractivity contribution is -0.116. The standard InChI is InChI=1S/C29H37FN8O2/c1-19(39)12-21-13-22(6-9-31-21)40-23-14-24-27(32-16-23)34-28(36(24)5)33-26-15-25(29(2,3)4)38(35-26)18-20-7-10-37(17-20)11-8-30/h6,9,13-16,20H,7-8,10-12,17-18H2,1-5H3,(H,32,33,34,35). The minimum absolute atomic E-state index is 0.0425. The molecule has 0 bridgehead atoms. The number of anilines is 2. The first kappa shape index (κ1) is 27.7. The number of aryl methyl sites for hydroxylation is 1. The zero-order valence-corrected chi connectivity index (χ0v) is 23.8. The van der Waals surface area contributed by atoms with Gasteiger partial charge in [-0.15, -0.1) is 0 Å². The zero-order valence-electron chi connectivity index (χ0n) is 23.8. The maximum Gasteiger partial charge on any atom is 0.210 e. The van der Waals surface area contributed by atoms with Crippen LogP contribution in [-0.2, 0) is 30.2 Å². The van der Waals surface area contributed by atoms with Gasteiger partial charge < -0.3 is 19.5 Å². The van der Waals surface area contributed by atoms with Crippen LogP contribution in [0.3, 0.4) is 0 Å². The zero-order chi connectivity index (χ0) is 28.4. The summed E-state index contributed by atoms with van der Waals surface area (Å²) < 4.78 is 22.8.